The zero-order chi connectivity index (χ0) is 27.3. The van der Waals surface area contributed by atoms with E-state index in [4.69, 9.17) is 9.72 Å². The molecule has 1 saturated carbocycles. The first-order valence-corrected chi connectivity index (χ1v) is 16.6. The van der Waals surface area contributed by atoms with Crippen LogP contribution in [-0.2, 0) is 4.74 Å². The molecule has 2 saturated heterocycles. The van der Waals surface area contributed by atoms with Crippen molar-refractivity contribution >= 4 is 21.8 Å². The quantitative estimate of drug-likeness (QED) is 0.247. The number of allylic oxidation sites excluding steroid dienone is 4. The number of aromatic amines is 1. The molecule has 5 aliphatic rings. The number of nitrogens with zero attached hydrogens (tertiary/aromatic N) is 2. The Morgan fingerprint density at radius 2 is 1.68 bits per heavy atom. The number of aromatic nitrogens is 2. The van der Waals surface area contributed by atoms with Gasteiger partial charge in [0.25, 0.3) is 0 Å². The third-order valence-corrected chi connectivity index (χ3v) is 11.4. The smallest absolute Gasteiger partial charge is 0.112 e. The lowest BCUT2D eigenvalue weighted by molar-refractivity contribution is -0.0577. The predicted molar refractivity (Wildman–Crippen MR) is 167 cm³/mol. The van der Waals surface area contributed by atoms with Gasteiger partial charge in [0.15, 0.2) is 0 Å². The lowest BCUT2D eigenvalue weighted by Crippen LogP contribution is -2.68. The normalized spacial score (nSPS) is 37.8. The van der Waals surface area contributed by atoms with Crippen LogP contribution in [0.2, 0.25) is 0 Å². The second-order valence-electron chi connectivity index (χ2n) is 13.6. The van der Waals surface area contributed by atoms with Crippen molar-refractivity contribution in [1.29, 1.82) is 0 Å². The first kappa shape index (κ1) is 26.2. The van der Waals surface area contributed by atoms with Gasteiger partial charge in [-0.2, -0.15) is 0 Å². The highest BCUT2D eigenvalue weighted by Gasteiger charge is 2.75. The van der Waals surface area contributed by atoms with Crippen molar-refractivity contribution in [1.82, 2.24) is 20.2 Å². The Morgan fingerprint density at radius 3 is 2.61 bits per heavy atom. The summed E-state index contributed by atoms with van der Waals surface area (Å²) < 4.78 is 7.19. The number of rotatable bonds is 1. The van der Waals surface area contributed by atoms with Crippen molar-refractivity contribution in [2.24, 2.45) is 11.3 Å². The summed E-state index contributed by atoms with van der Waals surface area (Å²) in [4.78, 5) is 11.9. The molecule has 3 aromatic rings. The van der Waals surface area contributed by atoms with E-state index in [1.807, 2.05) is 0 Å². The number of pyridine rings is 1. The molecule has 2 N–H and O–H groups in total. The minimum atomic E-state index is -0.115. The van der Waals surface area contributed by atoms with Gasteiger partial charge in [-0.3, -0.25) is 4.98 Å². The Morgan fingerprint density at radius 1 is 0.854 bits per heavy atom. The SMILES string of the molecule is C1=CCC[C@]23CN4CCCCC=CCC[C@@]5(OC5[C@@H](c5nccc6c5[nH]c5ccccc56)[C@@H]2CC4)[C@@H]3NCCCC1. The number of nitrogens with one attached hydrogen (secondary N) is 2. The molecule has 1 aliphatic carbocycles. The Balaban J connectivity index is 1.30. The molecular weight excluding hydrogens is 504 g/mol. The standard InChI is InChI=1S/C36H46N4O/c1-3-7-13-21-38-34-35(19-11-5-1)25-40-23-14-8-4-2-6-12-20-36(34)33(41-36)30(28(35)18-24-40)32-31-27(17-22-37-32)26-15-9-10-16-29(26)39-31/h1-2,5-6,9-10,15-17,22,28,30,33-34,38-39H,3-4,7-8,11-14,18-21,23-25H2/t28-,30+,33?,34+,35-,36-/m0/s1. The van der Waals surface area contributed by atoms with Gasteiger partial charge in [0.1, 0.15) is 5.60 Å². The number of H-pyrrole nitrogens is 1. The van der Waals surface area contributed by atoms with E-state index in [-0.39, 0.29) is 17.1 Å². The highest BCUT2D eigenvalue weighted by atomic mass is 16.6. The van der Waals surface area contributed by atoms with Crippen molar-refractivity contribution in [3.63, 3.8) is 0 Å². The molecule has 2 unspecified atom stereocenters. The molecule has 41 heavy (non-hydrogen) atoms. The maximum Gasteiger partial charge on any atom is 0.112 e. The van der Waals surface area contributed by atoms with Crippen LogP contribution in [0.1, 0.15) is 82.2 Å². The minimum Gasteiger partial charge on any atom is -0.364 e. The van der Waals surface area contributed by atoms with Gasteiger partial charge in [0.2, 0.25) is 0 Å². The molecular formula is C36H46N4O. The van der Waals surface area contributed by atoms with Crippen LogP contribution < -0.4 is 5.32 Å². The van der Waals surface area contributed by atoms with E-state index in [9.17, 15) is 0 Å². The fourth-order valence-corrected chi connectivity index (χ4v) is 9.64. The fraction of sp³-hybridized carbons (Fsp3) is 0.583. The maximum absolute atomic E-state index is 7.19. The second kappa shape index (κ2) is 10.7. The Kier molecular flexibility index (Phi) is 6.81. The molecule has 6 heterocycles. The van der Waals surface area contributed by atoms with Crippen LogP contribution in [0.3, 0.4) is 0 Å². The molecule has 1 aromatic carbocycles. The highest BCUT2D eigenvalue weighted by Crippen LogP contribution is 2.67. The number of hydrogen-bond donors (Lipinski definition) is 2. The molecule has 5 heteroatoms. The first-order chi connectivity index (χ1) is 20.3. The van der Waals surface area contributed by atoms with E-state index >= 15 is 0 Å². The van der Waals surface area contributed by atoms with E-state index in [2.05, 4.69) is 76.0 Å². The van der Waals surface area contributed by atoms with Crippen LogP contribution in [0.25, 0.3) is 21.8 Å². The first-order valence-electron chi connectivity index (χ1n) is 16.6. The van der Waals surface area contributed by atoms with E-state index in [1.54, 1.807) is 0 Å². The number of piperidine rings is 1. The molecule has 0 radical (unpaired) electrons. The third kappa shape index (κ3) is 4.34. The fourth-order valence-electron chi connectivity index (χ4n) is 9.64. The van der Waals surface area contributed by atoms with E-state index in [0.29, 0.717) is 17.9 Å². The lowest BCUT2D eigenvalue weighted by atomic mass is 9.50. The van der Waals surface area contributed by atoms with Gasteiger partial charge in [-0.05, 0) is 108 Å². The van der Waals surface area contributed by atoms with Gasteiger partial charge in [0.05, 0.1) is 17.3 Å². The molecule has 3 bridgehead atoms. The van der Waals surface area contributed by atoms with Gasteiger partial charge in [0, 0.05) is 46.4 Å². The zero-order valence-electron chi connectivity index (χ0n) is 24.5. The maximum atomic E-state index is 7.19. The molecule has 2 aromatic heterocycles. The van der Waals surface area contributed by atoms with Crippen LogP contribution in [0.15, 0.2) is 60.8 Å². The molecule has 3 fully saturated rings. The average Bonchev–Trinajstić information content (AvgIpc) is 3.59. The number of ether oxygens (including phenoxy) is 1. The number of benzene rings is 1. The van der Waals surface area contributed by atoms with Gasteiger partial charge >= 0.3 is 0 Å². The number of epoxide rings is 1. The molecule has 0 amide bonds. The largest absolute Gasteiger partial charge is 0.364 e. The Labute approximate surface area is 244 Å². The van der Waals surface area contributed by atoms with E-state index in [1.165, 1.54) is 105 Å². The van der Waals surface area contributed by atoms with Gasteiger partial charge < -0.3 is 19.9 Å². The van der Waals surface area contributed by atoms with Gasteiger partial charge in [-0.15, -0.1) is 0 Å². The summed E-state index contributed by atoms with van der Waals surface area (Å²) in [6.07, 6.45) is 25.5. The summed E-state index contributed by atoms with van der Waals surface area (Å²) in [6, 6.07) is 11.4. The number of para-hydroxylation sites is 1. The van der Waals surface area contributed by atoms with Crippen LogP contribution in [0, 0.1) is 11.3 Å². The molecule has 8 rings (SSSR count). The van der Waals surface area contributed by atoms with Crippen LogP contribution in [-0.4, -0.2) is 58.8 Å². The van der Waals surface area contributed by atoms with Gasteiger partial charge in [-0.1, -0.05) is 42.5 Å². The van der Waals surface area contributed by atoms with E-state index < -0.39 is 0 Å². The topological polar surface area (TPSA) is 56.5 Å². The van der Waals surface area contributed by atoms with Crippen molar-refractivity contribution in [3.05, 3.63) is 66.5 Å². The molecule has 216 valence electrons. The van der Waals surface area contributed by atoms with Crippen molar-refractivity contribution in [2.75, 3.05) is 26.2 Å². The van der Waals surface area contributed by atoms with Crippen molar-refractivity contribution < 1.29 is 4.74 Å². The highest BCUT2D eigenvalue weighted by molar-refractivity contribution is 6.07. The van der Waals surface area contributed by atoms with Crippen molar-refractivity contribution in [3.8, 4) is 0 Å². The second-order valence-corrected chi connectivity index (χ2v) is 13.6. The van der Waals surface area contributed by atoms with Crippen LogP contribution in [0.5, 0.6) is 0 Å². The summed E-state index contributed by atoms with van der Waals surface area (Å²) in [5.74, 6) is 0.867. The summed E-state index contributed by atoms with van der Waals surface area (Å²) in [7, 11) is 0. The molecule has 5 nitrogen and oxygen atoms in total. The lowest BCUT2D eigenvalue weighted by Gasteiger charge is -2.59. The Bertz CT molecular complexity index is 1460. The third-order valence-electron chi connectivity index (χ3n) is 11.4. The molecule has 7 atom stereocenters. The summed E-state index contributed by atoms with van der Waals surface area (Å²) in [5, 5.41) is 6.86. The summed E-state index contributed by atoms with van der Waals surface area (Å²) in [6.45, 7) is 4.71. The Hall–Kier alpha value is -2.47. The van der Waals surface area contributed by atoms with Crippen LogP contribution >= 0.6 is 0 Å². The number of fused-ring (bicyclic) bond motifs is 4. The molecule has 2 spiro atoms. The monoisotopic (exact) mass is 550 g/mol. The molecule has 4 aliphatic heterocycles. The van der Waals surface area contributed by atoms with Gasteiger partial charge in [-0.25, -0.2) is 0 Å². The van der Waals surface area contributed by atoms with E-state index in [0.717, 1.165) is 19.4 Å². The van der Waals surface area contributed by atoms with Crippen molar-refractivity contribution in [2.45, 2.75) is 94.3 Å². The van der Waals surface area contributed by atoms with Crippen LogP contribution in [0.4, 0.5) is 0 Å². The average molecular weight is 551 g/mol. The zero-order valence-corrected chi connectivity index (χ0v) is 24.5. The predicted octanol–water partition coefficient (Wildman–Crippen LogP) is 7.26. The minimum absolute atomic E-state index is 0.115. The number of hydrogen-bond acceptors (Lipinski definition) is 4. The summed E-state index contributed by atoms with van der Waals surface area (Å²) >= 11 is 0. The summed E-state index contributed by atoms with van der Waals surface area (Å²) in [5.41, 5.74) is 3.75.